The average Bonchev–Trinajstić information content (AvgIpc) is 3.48. The Bertz CT molecular complexity index is 1420. The summed E-state index contributed by atoms with van der Waals surface area (Å²) in [6.45, 7) is 5.44. The second-order valence-electron chi connectivity index (χ2n) is 10.3. The van der Waals surface area contributed by atoms with Gasteiger partial charge in [0.2, 0.25) is 5.91 Å². The molecule has 0 aromatic heterocycles. The van der Waals surface area contributed by atoms with Gasteiger partial charge in [0.25, 0.3) is 22.4 Å². The highest BCUT2D eigenvalue weighted by Crippen LogP contribution is 2.52. The number of esters is 2. The summed E-state index contributed by atoms with van der Waals surface area (Å²) in [6, 6.07) is 3.85. The fraction of sp³-hybridized carbons (Fsp3) is 0.520. The normalized spacial score (nSPS) is 25.1. The molecule has 2 fully saturated rings. The lowest BCUT2D eigenvalue weighted by Crippen LogP contribution is -2.63. The molecule has 8 N–H and O–H groups in total. The fourth-order valence-electron chi connectivity index (χ4n) is 5.08. The minimum absolute atomic E-state index is 0. The zero-order valence-corrected chi connectivity index (χ0v) is 25.9. The van der Waals surface area contributed by atoms with E-state index in [1.165, 1.54) is 30.5 Å². The average molecular weight is 678 g/mol. The molecule has 1 aromatic carbocycles. The smallest absolute Gasteiger partial charge is 0.363 e. The maximum Gasteiger partial charge on any atom is 0.363 e. The third kappa shape index (κ3) is 9.26. The molecule has 250 valence electrons. The van der Waals surface area contributed by atoms with E-state index < -0.39 is 57.3 Å². The number of nitrogens with one attached hydrogen (secondary N) is 2. The van der Waals surface area contributed by atoms with Gasteiger partial charge in [0.15, 0.2) is 6.29 Å². The summed E-state index contributed by atoms with van der Waals surface area (Å²) < 4.78 is 33.6. The van der Waals surface area contributed by atoms with Gasteiger partial charge in [-0.3, -0.25) is 19.7 Å². The molecular formula is C25H35N5O13S2. The van der Waals surface area contributed by atoms with Crippen molar-refractivity contribution < 1.29 is 57.7 Å². The van der Waals surface area contributed by atoms with Crippen molar-refractivity contribution in [1.29, 1.82) is 0 Å². The number of aliphatic hydroxyl groups excluding tert-OH is 2. The summed E-state index contributed by atoms with van der Waals surface area (Å²) in [4.78, 5) is 60.0. The number of nitrogens with zero attached hydrogens (tertiary/aromatic N) is 2. The minimum Gasteiger partial charge on any atom is -0.438 e. The number of hydrogen-bond donors (Lipinski definition) is 5. The van der Waals surface area contributed by atoms with Crippen molar-refractivity contribution in [3.8, 4) is 0 Å². The van der Waals surface area contributed by atoms with E-state index in [4.69, 9.17) is 15.0 Å². The van der Waals surface area contributed by atoms with E-state index in [2.05, 4.69) is 14.8 Å². The number of rotatable bonds is 11. The number of benzene rings is 1. The molecule has 2 saturated heterocycles. The molecule has 1 amide bonds. The van der Waals surface area contributed by atoms with Crippen molar-refractivity contribution >= 4 is 52.0 Å². The summed E-state index contributed by atoms with van der Waals surface area (Å²) >= 11 is 1.33. The first-order valence-corrected chi connectivity index (χ1v) is 15.7. The number of carbonyl (C=O) groups is 4. The van der Waals surface area contributed by atoms with Crippen LogP contribution in [-0.2, 0) is 34.1 Å². The van der Waals surface area contributed by atoms with Crippen LogP contribution in [0.25, 0.3) is 0 Å². The second kappa shape index (κ2) is 15.7. The Morgan fingerprint density at radius 2 is 1.89 bits per heavy atom. The number of β-lactam (4-membered cyclic amide) rings is 1. The predicted octanol–water partition coefficient (Wildman–Crippen LogP) is -1.72. The summed E-state index contributed by atoms with van der Waals surface area (Å²) in [5, 5.41) is 37.2. The molecule has 4 rings (SSSR count). The number of thioether (sulfide) groups is 1. The standard InChI is InChI=1S/C22H27N5O9S2.C3H6O3.H2O/c1-10-17-16(11(2)28)20(29)26(17)18(19(10)37-15-7-13(24-9-15)8-25-38(23,34)35)22(31)36-21(30)12-3-5-14(6-4-12)27(32)33;1-3(5)6-2-4;/h3-6,10-11,13,15-17,24-25,28H,7-9H2,1-2H3,(H2,23,34,35);2-3,5H,1H3;1H2/t10-,11-,13+,15+,16-,17-;;/m1../s1. The predicted molar refractivity (Wildman–Crippen MR) is 157 cm³/mol. The lowest BCUT2D eigenvalue weighted by atomic mass is 9.79. The van der Waals surface area contributed by atoms with E-state index >= 15 is 0 Å². The highest BCUT2D eigenvalue weighted by Gasteiger charge is 2.60. The van der Waals surface area contributed by atoms with Gasteiger partial charge in [-0.05, 0) is 32.4 Å². The van der Waals surface area contributed by atoms with Crippen molar-refractivity contribution in [2.24, 2.45) is 17.0 Å². The molecule has 0 spiro atoms. The summed E-state index contributed by atoms with van der Waals surface area (Å²) in [7, 11) is -3.85. The van der Waals surface area contributed by atoms with Crippen LogP contribution in [0.4, 0.5) is 5.69 Å². The van der Waals surface area contributed by atoms with Gasteiger partial charge in [0, 0.05) is 47.3 Å². The Morgan fingerprint density at radius 1 is 1.27 bits per heavy atom. The first kappa shape index (κ1) is 37.7. The molecular weight excluding hydrogens is 642 g/mol. The monoisotopic (exact) mass is 677 g/mol. The first-order chi connectivity index (χ1) is 20.5. The molecule has 1 unspecified atom stereocenters. The Labute approximate surface area is 261 Å². The molecule has 3 heterocycles. The van der Waals surface area contributed by atoms with Crippen LogP contribution in [-0.4, -0.2) is 101 Å². The van der Waals surface area contributed by atoms with Crippen LogP contribution in [0, 0.1) is 22.0 Å². The van der Waals surface area contributed by atoms with Crippen LogP contribution in [0.1, 0.15) is 37.6 Å². The molecule has 3 aliphatic heterocycles. The summed E-state index contributed by atoms with van der Waals surface area (Å²) in [5.41, 5.74) is -0.390. The third-order valence-electron chi connectivity index (χ3n) is 7.06. The Kier molecular flexibility index (Phi) is 13.1. The second-order valence-corrected chi connectivity index (χ2v) is 13.0. The maximum atomic E-state index is 13.2. The van der Waals surface area contributed by atoms with Crippen LogP contribution in [0.15, 0.2) is 34.9 Å². The number of hydrogen-bond acceptors (Lipinski definition) is 14. The number of nitrogens with two attached hydrogens (primary N) is 1. The van der Waals surface area contributed by atoms with E-state index in [9.17, 15) is 42.8 Å². The molecule has 0 bridgehead atoms. The third-order valence-corrected chi connectivity index (χ3v) is 9.14. The van der Waals surface area contributed by atoms with E-state index in [-0.39, 0.29) is 52.7 Å². The molecule has 0 aliphatic carbocycles. The number of nitro groups is 1. The van der Waals surface area contributed by atoms with Gasteiger partial charge in [-0.2, -0.15) is 8.42 Å². The zero-order valence-electron chi connectivity index (χ0n) is 24.3. The molecule has 1 aromatic rings. The van der Waals surface area contributed by atoms with Gasteiger partial charge in [-0.1, -0.05) is 6.92 Å². The lowest BCUT2D eigenvalue weighted by molar-refractivity contribution is -0.384. The molecule has 0 saturated carbocycles. The van der Waals surface area contributed by atoms with Gasteiger partial charge in [0.1, 0.15) is 5.70 Å². The molecule has 3 aliphatic rings. The van der Waals surface area contributed by atoms with Gasteiger partial charge in [-0.25, -0.2) is 19.5 Å². The van der Waals surface area contributed by atoms with Crippen molar-refractivity contribution in [2.75, 3.05) is 13.1 Å². The first-order valence-electron chi connectivity index (χ1n) is 13.3. The number of carbonyl (C=O) groups excluding carboxylic acids is 4. The van der Waals surface area contributed by atoms with Crippen molar-refractivity contribution in [1.82, 2.24) is 14.9 Å². The quantitative estimate of drug-likeness (QED) is 0.0331. The van der Waals surface area contributed by atoms with Crippen molar-refractivity contribution in [3.05, 3.63) is 50.5 Å². The highest BCUT2D eigenvalue weighted by atomic mass is 32.2. The number of aliphatic hydroxyl groups is 2. The number of amides is 1. The Balaban J connectivity index is 0.000000918. The molecule has 0 radical (unpaired) electrons. The van der Waals surface area contributed by atoms with Gasteiger partial charge < -0.3 is 35.4 Å². The molecule has 20 heteroatoms. The van der Waals surface area contributed by atoms with Gasteiger partial charge in [0.05, 0.1) is 28.6 Å². The maximum absolute atomic E-state index is 13.2. The van der Waals surface area contributed by atoms with Crippen LogP contribution in [0.2, 0.25) is 0 Å². The van der Waals surface area contributed by atoms with Crippen molar-refractivity contribution in [3.63, 3.8) is 0 Å². The van der Waals surface area contributed by atoms with E-state index in [0.717, 1.165) is 24.3 Å². The fourth-order valence-corrected chi connectivity index (χ4v) is 7.03. The van der Waals surface area contributed by atoms with Crippen LogP contribution < -0.4 is 15.2 Å². The van der Waals surface area contributed by atoms with E-state index in [1.807, 2.05) is 6.92 Å². The Morgan fingerprint density at radius 3 is 2.38 bits per heavy atom. The molecule has 18 nitrogen and oxygen atoms in total. The SMILES string of the molecule is CC(O)OC=O.C[C@@H](O)[C@H]1C(=O)N2C(C(=O)OC(=O)c3ccc([N+](=O)[O-])cc3)=C(S[C@@H]3CN[C@H](CNS(N)(=O)=O)C3)[C@H](C)[C@H]12.O. The molecule has 45 heavy (non-hydrogen) atoms. The van der Waals surface area contributed by atoms with Gasteiger partial charge >= 0.3 is 11.9 Å². The minimum atomic E-state index is -3.85. The highest BCUT2D eigenvalue weighted by molar-refractivity contribution is 8.03. The lowest BCUT2D eigenvalue weighted by Gasteiger charge is -2.46. The van der Waals surface area contributed by atoms with Crippen LogP contribution >= 0.6 is 11.8 Å². The topological polar surface area (TPSA) is 289 Å². The molecule has 7 atom stereocenters. The number of nitro benzene ring substituents is 1. The number of ether oxygens (including phenoxy) is 2. The van der Waals surface area contributed by atoms with Crippen LogP contribution in [0.5, 0.6) is 0 Å². The van der Waals surface area contributed by atoms with Gasteiger partial charge in [-0.15, -0.1) is 11.8 Å². The number of fused-ring (bicyclic) bond motifs is 1. The summed E-state index contributed by atoms with van der Waals surface area (Å²) in [6.07, 6.45) is -1.38. The van der Waals surface area contributed by atoms with Crippen LogP contribution in [0.3, 0.4) is 0 Å². The summed E-state index contributed by atoms with van der Waals surface area (Å²) in [5.74, 6) is -3.59. The van der Waals surface area contributed by atoms with E-state index in [1.54, 1.807) is 0 Å². The van der Waals surface area contributed by atoms with E-state index in [0.29, 0.717) is 17.9 Å². The Hall–Kier alpha value is -3.50. The van der Waals surface area contributed by atoms with Crippen molar-refractivity contribution in [2.45, 2.75) is 56.9 Å². The zero-order chi connectivity index (χ0) is 32.9. The largest absolute Gasteiger partial charge is 0.438 e. The number of non-ortho nitro benzene ring substituents is 1.